The summed E-state index contributed by atoms with van der Waals surface area (Å²) in [4.78, 5) is 17.6. The first kappa shape index (κ1) is 20.5. The molecule has 1 aromatic heterocycles. The van der Waals surface area contributed by atoms with Gasteiger partial charge in [-0.3, -0.25) is 4.79 Å². The van der Waals surface area contributed by atoms with Crippen molar-refractivity contribution < 1.29 is 4.79 Å². The zero-order valence-electron chi connectivity index (χ0n) is 18.2. The SMILES string of the molecule is Cc1cc(C(=O)CNc2ccc(N3CCN(C)CC3)cc2)c(C)n1C(C)(C)C. The number of aryl methyl sites for hydroxylation is 1. The Morgan fingerprint density at radius 2 is 1.64 bits per heavy atom. The molecule has 152 valence electrons. The predicted octanol–water partition coefficient (Wildman–Crippen LogP) is 3.91. The molecule has 0 aliphatic carbocycles. The summed E-state index contributed by atoms with van der Waals surface area (Å²) in [5, 5.41) is 3.29. The average Bonchev–Trinajstić information content (AvgIpc) is 2.95. The van der Waals surface area contributed by atoms with Crippen molar-refractivity contribution in [3.05, 3.63) is 47.3 Å². The van der Waals surface area contributed by atoms with Gasteiger partial charge in [-0.15, -0.1) is 0 Å². The van der Waals surface area contributed by atoms with Gasteiger partial charge in [0.25, 0.3) is 0 Å². The molecule has 1 aliphatic heterocycles. The summed E-state index contributed by atoms with van der Waals surface area (Å²) < 4.78 is 2.24. The van der Waals surface area contributed by atoms with Crippen molar-refractivity contribution in [3.63, 3.8) is 0 Å². The maximum absolute atomic E-state index is 12.8. The number of carbonyl (C=O) groups excluding carboxylic acids is 1. The number of nitrogens with zero attached hydrogens (tertiary/aromatic N) is 3. The summed E-state index contributed by atoms with van der Waals surface area (Å²) in [5.74, 6) is 0.131. The molecule has 0 atom stereocenters. The van der Waals surface area contributed by atoms with E-state index in [1.54, 1.807) is 0 Å². The number of benzene rings is 1. The number of likely N-dealkylation sites (N-methyl/N-ethyl adjacent to an activating group) is 1. The van der Waals surface area contributed by atoms with Crippen molar-refractivity contribution in [1.29, 1.82) is 0 Å². The van der Waals surface area contributed by atoms with Crippen LogP contribution in [0.4, 0.5) is 11.4 Å². The Morgan fingerprint density at radius 3 is 2.18 bits per heavy atom. The smallest absolute Gasteiger partial charge is 0.183 e. The second-order valence-corrected chi connectivity index (χ2v) is 8.90. The molecular formula is C23H34N4O. The monoisotopic (exact) mass is 382 g/mol. The Hall–Kier alpha value is -2.27. The molecule has 3 rings (SSSR count). The van der Waals surface area contributed by atoms with Crippen molar-refractivity contribution in [2.75, 3.05) is 50.0 Å². The zero-order chi connectivity index (χ0) is 20.5. The van der Waals surface area contributed by atoms with E-state index in [2.05, 4.69) is 78.7 Å². The third-order valence-electron chi connectivity index (χ3n) is 5.59. The van der Waals surface area contributed by atoms with Crippen LogP contribution >= 0.6 is 0 Å². The van der Waals surface area contributed by atoms with Gasteiger partial charge in [0.05, 0.1) is 6.54 Å². The van der Waals surface area contributed by atoms with Crippen molar-refractivity contribution in [3.8, 4) is 0 Å². The van der Waals surface area contributed by atoms with E-state index < -0.39 is 0 Å². The molecule has 0 bridgehead atoms. The first-order valence-corrected chi connectivity index (χ1v) is 10.2. The Balaban J connectivity index is 1.62. The van der Waals surface area contributed by atoms with Gasteiger partial charge in [0, 0.05) is 60.0 Å². The standard InChI is InChI=1S/C23H34N4O/c1-17-15-21(18(2)27(17)23(3,4)5)22(28)16-24-19-7-9-20(10-8-19)26-13-11-25(6)12-14-26/h7-10,15,24H,11-14,16H2,1-6H3. The van der Waals surface area contributed by atoms with E-state index in [9.17, 15) is 4.79 Å². The lowest BCUT2D eigenvalue weighted by Gasteiger charge is -2.34. The van der Waals surface area contributed by atoms with Crippen molar-refractivity contribution >= 4 is 17.2 Å². The quantitative estimate of drug-likeness (QED) is 0.796. The molecule has 0 saturated carbocycles. The topological polar surface area (TPSA) is 40.5 Å². The summed E-state index contributed by atoms with van der Waals surface area (Å²) in [5.41, 5.74) is 5.19. The molecule has 0 unspecified atom stereocenters. The van der Waals surface area contributed by atoms with Crippen molar-refractivity contribution in [1.82, 2.24) is 9.47 Å². The Morgan fingerprint density at radius 1 is 1.04 bits per heavy atom. The summed E-state index contributed by atoms with van der Waals surface area (Å²) in [6.07, 6.45) is 0. The first-order chi connectivity index (χ1) is 13.2. The molecule has 0 radical (unpaired) electrons. The molecule has 1 aromatic carbocycles. The Labute approximate surface area is 169 Å². The van der Waals surface area contributed by atoms with Gasteiger partial charge in [-0.1, -0.05) is 0 Å². The fourth-order valence-corrected chi connectivity index (χ4v) is 4.21. The Kier molecular flexibility index (Phi) is 5.84. The minimum absolute atomic E-state index is 0.0286. The van der Waals surface area contributed by atoms with Crippen LogP contribution in [0.15, 0.2) is 30.3 Å². The van der Waals surface area contributed by atoms with E-state index in [1.165, 1.54) is 5.69 Å². The lowest BCUT2D eigenvalue weighted by molar-refractivity contribution is 0.100. The second kappa shape index (κ2) is 8.00. The first-order valence-electron chi connectivity index (χ1n) is 10.2. The molecule has 1 aliphatic rings. The number of aromatic nitrogens is 1. The van der Waals surface area contributed by atoms with Gasteiger partial charge >= 0.3 is 0 Å². The van der Waals surface area contributed by atoms with E-state index >= 15 is 0 Å². The number of hydrogen-bond donors (Lipinski definition) is 1. The molecule has 0 amide bonds. The number of rotatable bonds is 5. The largest absolute Gasteiger partial charge is 0.378 e. The summed E-state index contributed by atoms with van der Waals surface area (Å²) in [7, 11) is 2.17. The van der Waals surface area contributed by atoms with Crippen molar-refractivity contribution in [2.24, 2.45) is 0 Å². The normalized spacial score (nSPS) is 15.7. The van der Waals surface area contributed by atoms with Gasteiger partial charge < -0.3 is 19.7 Å². The van der Waals surface area contributed by atoms with E-state index in [0.717, 1.165) is 48.8 Å². The second-order valence-electron chi connectivity index (χ2n) is 8.90. The van der Waals surface area contributed by atoms with E-state index in [-0.39, 0.29) is 11.3 Å². The van der Waals surface area contributed by atoms with Crippen LogP contribution in [-0.2, 0) is 5.54 Å². The van der Waals surface area contributed by atoms with Crippen LogP contribution in [0.5, 0.6) is 0 Å². The fraction of sp³-hybridized carbons (Fsp3) is 0.522. The van der Waals surface area contributed by atoms with E-state index in [1.807, 2.05) is 13.0 Å². The van der Waals surface area contributed by atoms with Crippen molar-refractivity contribution in [2.45, 2.75) is 40.2 Å². The maximum Gasteiger partial charge on any atom is 0.183 e. The average molecular weight is 383 g/mol. The highest BCUT2D eigenvalue weighted by Gasteiger charge is 2.22. The summed E-state index contributed by atoms with van der Waals surface area (Å²) >= 11 is 0. The lowest BCUT2D eigenvalue weighted by atomic mass is 10.1. The van der Waals surface area contributed by atoms with Crippen LogP contribution in [0.3, 0.4) is 0 Å². The molecule has 1 N–H and O–H groups in total. The lowest BCUT2D eigenvalue weighted by Crippen LogP contribution is -2.44. The van der Waals surface area contributed by atoms with Gasteiger partial charge in [-0.05, 0) is 72.0 Å². The number of anilines is 2. The summed E-state index contributed by atoms with van der Waals surface area (Å²) in [6, 6.07) is 10.4. The molecule has 2 aromatic rings. The molecule has 28 heavy (non-hydrogen) atoms. The molecule has 5 heteroatoms. The third kappa shape index (κ3) is 4.41. The van der Waals surface area contributed by atoms with E-state index in [0.29, 0.717) is 6.54 Å². The highest BCUT2D eigenvalue weighted by Crippen LogP contribution is 2.25. The minimum atomic E-state index is -0.0286. The number of piperazine rings is 1. The van der Waals surface area contributed by atoms with E-state index in [4.69, 9.17) is 0 Å². The van der Waals surface area contributed by atoms with Gasteiger partial charge in [0.2, 0.25) is 0 Å². The number of carbonyl (C=O) groups is 1. The molecule has 0 spiro atoms. The van der Waals surface area contributed by atoms with Crippen LogP contribution in [0.1, 0.15) is 42.5 Å². The molecular weight excluding hydrogens is 348 g/mol. The van der Waals surface area contributed by atoms with Crippen LogP contribution in [0.2, 0.25) is 0 Å². The molecule has 1 saturated heterocycles. The van der Waals surface area contributed by atoms with Gasteiger partial charge in [-0.25, -0.2) is 0 Å². The zero-order valence-corrected chi connectivity index (χ0v) is 18.2. The van der Waals surface area contributed by atoms with Crippen LogP contribution < -0.4 is 10.2 Å². The van der Waals surface area contributed by atoms with Gasteiger partial charge in [-0.2, -0.15) is 0 Å². The van der Waals surface area contributed by atoms with Crippen LogP contribution in [-0.4, -0.2) is 55.0 Å². The number of ketones is 1. The number of hydrogen-bond acceptors (Lipinski definition) is 4. The number of nitrogens with one attached hydrogen (secondary N) is 1. The Bertz CT molecular complexity index is 822. The van der Waals surface area contributed by atoms with Crippen LogP contribution in [0, 0.1) is 13.8 Å². The molecule has 5 nitrogen and oxygen atoms in total. The van der Waals surface area contributed by atoms with Gasteiger partial charge in [0.15, 0.2) is 5.78 Å². The maximum atomic E-state index is 12.8. The summed E-state index contributed by atoms with van der Waals surface area (Å²) in [6.45, 7) is 15.2. The van der Waals surface area contributed by atoms with Crippen LogP contribution in [0.25, 0.3) is 0 Å². The molecule has 2 heterocycles. The third-order valence-corrected chi connectivity index (χ3v) is 5.59. The number of Topliss-reactive ketones (excluding diaryl/α,β-unsaturated/α-hetero) is 1. The highest BCUT2D eigenvalue weighted by molar-refractivity contribution is 6.00. The molecule has 1 fully saturated rings. The predicted molar refractivity (Wildman–Crippen MR) is 118 cm³/mol. The fourth-order valence-electron chi connectivity index (χ4n) is 4.21. The van der Waals surface area contributed by atoms with Gasteiger partial charge in [0.1, 0.15) is 0 Å². The highest BCUT2D eigenvalue weighted by atomic mass is 16.1. The minimum Gasteiger partial charge on any atom is -0.378 e.